The smallest absolute Gasteiger partial charge is 0.311 e. The van der Waals surface area contributed by atoms with Gasteiger partial charge in [-0.3, -0.25) is 14.4 Å². The third kappa shape index (κ3) is 3.43. The van der Waals surface area contributed by atoms with Crippen LogP contribution in [0.4, 0.5) is 0 Å². The van der Waals surface area contributed by atoms with Gasteiger partial charge in [0.2, 0.25) is 5.91 Å². The summed E-state index contributed by atoms with van der Waals surface area (Å²) in [6.07, 6.45) is 0.467. The van der Waals surface area contributed by atoms with Crippen LogP contribution in [-0.2, 0) is 23.9 Å². The predicted octanol–water partition coefficient (Wildman–Crippen LogP) is 1.38. The van der Waals surface area contributed by atoms with Crippen molar-refractivity contribution in [3.63, 3.8) is 0 Å². The third-order valence-electron chi connectivity index (χ3n) is 5.60. The molecule has 0 bridgehead atoms. The van der Waals surface area contributed by atoms with Crippen LogP contribution in [0.5, 0.6) is 0 Å². The summed E-state index contributed by atoms with van der Waals surface area (Å²) >= 11 is 0. The molecule has 2 heterocycles. The van der Waals surface area contributed by atoms with Crippen LogP contribution in [0.15, 0.2) is 30.3 Å². The van der Waals surface area contributed by atoms with Crippen molar-refractivity contribution in [3.05, 3.63) is 35.9 Å². The van der Waals surface area contributed by atoms with E-state index in [0.717, 1.165) is 5.56 Å². The van der Waals surface area contributed by atoms with Gasteiger partial charge in [0.15, 0.2) is 0 Å². The quantitative estimate of drug-likeness (QED) is 0.745. The number of ether oxygens (including phenoxy) is 2. The van der Waals surface area contributed by atoms with E-state index in [-0.39, 0.29) is 36.4 Å². The van der Waals surface area contributed by atoms with Gasteiger partial charge in [-0.15, -0.1) is 0 Å². The number of carbonyl (C=O) groups is 3. The van der Waals surface area contributed by atoms with E-state index in [1.807, 2.05) is 30.3 Å². The molecule has 3 atom stereocenters. The van der Waals surface area contributed by atoms with Crippen molar-refractivity contribution in [2.45, 2.75) is 38.0 Å². The highest BCUT2D eigenvalue weighted by molar-refractivity contribution is 5.91. The van der Waals surface area contributed by atoms with Gasteiger partial charge < -0.3 is 19.3 Å². The average molecular weight is 374 g/mol. The highest BCUT2D eigenvalue weighted by atomic mass is 16.5. The molecule has 0 aromatic heterocycles. The first kappa shape index (κ1) is 19.4. The van der Waals surface area contributed by atoms with Gasteiger partial charge in [0.25, 0.3) is 5.91 Å². The summed E-state index contributed by atoms with van der Waals surface area (Å²) < 4.78 is 10.3. The van der Waals surface area contributed by atoms with Crippen molar-refractivity contribution >= 4 is 17.8 Å². The molecule has 2 fully saturated rings. The van der Waals surface area contributed by atoms with Crippen LogP contribution in [0.3, 0.4) is 0 Å². The zero-order valence-electron chi connectivity index (χ0n) is 16.2. The number of carbonyl (C=O) groups excluding carboxylic acids is 3. The van der Waals surface area contributed by atoms with Crippen LogP contribution < -0.4 is 0 Å². The first-order chi connectivity index (χ1) is 12.8. The summed E-state index contributed by atoms with van der Waals surface area (Å²) in [5, 5.41) is 0. The largest absolute Gasteiger partial charge is 0.469 e. The highest BCUT2D eigenvalue weighted by Gasteiger charge is 2.52. The Morgan fingerprint density at radius 3 is 2.41 bits per heavy atom. The Hall–Kier alpha value is -2.41. The lowest BCUT2D eigenvalue weighted by Gasteiger charge is -2.42. The summed E-state index contributed by atoms with van der Waals surface area (Å²) in [4.78, 5) is 41.4. The maximum Gasteiger partial charge on any atom is 0.311 e. The van der Waals surface area contributed by atoms with Gasteiger partial charge in [-0.25, -0.2) is 0 Å². The molecule has 0 N–H and O–H groups in total. The fourth-order valence-electron chi connectivity index (χ4n) is 4.08. The Balaban J connectivity index is 1.91. The van der Waals surface area contributed by atoms with Crippen LogP contribution in [0, 0.1) is 5.92 Å². The van der Waals surface area contributed by atoms with Crippen molar-refractivity contribution in [3.8, 4) is 0 Å². The summed E-state index contributed by atoms with van der Waals surface area (Å²) in [5.41, 5.74) is -0.0949. The molecule has 2 aliphatic heterocycles. The number of hydrogen-bond acceptors (Lipinski definition) is 5. The fraction of sp³-hybridized carbons (Fsp3) is 0.550. The summed E-state index contributed by atoms with van der Waals surface area (Å²) in [7, 11) is 2.84. The molecule has 0 aliphatic carbocycles. The normalized spacial score (nSPS) is 25.3. The minimum Gasteiger partial charge on any atom is -0.469 e. The average Bonchev–Trinajstić information content (AvgIpc) is 3.07. The Morgan fingerprint density at radius 2 is 1.81 bits per heavy atom. The van der Waals surface area contributed by atoms with Gasteiger partial charge >= 0.3 is 5.97 Å². The number of benzene rings is 1. The van der Waals surface area contributed by atoms with Crippen LogP contribution in [0.2, 0.25) is 0 Å². The first-order valence-corrected chi connectivity index (χ1v) is 9.08. The molecule has 3 rings (SSSR count). The molecule has 0 spiro atoms. The van der Waals surface area contributed by atoms with Gasteiger partial charge in [-0.05, 0) is 25.8 Å². The molecule has 1 aromatic carbocycles. The van der Waals surface area contributed by atoms with Crippen LogP contribution in [0.1, 0.15) is 31.9 Å². The summed E-state index contributed by atoms with van der Waals surface area (Å²) in [6.45, 7) is 3.74. The van der Waals surface area contributed by atoms with E-state index in [0.29, 0.717) is 13.0 Å². The molecule has 2 saturated heterocycles. The first-order valence-electron chi connectivity index (χ1n) is 9.08. The number of fused-ring (bicyclic) bond motifs is 1. The second-order valence-corrected chi connectivity index (χ2v) is 7.58. The van der Waals surface area contributed by atoms with Crippen molar-refractivity contribution in [2.24, 2.45) is 5.92 Å². The molecule has 1 aromatic rings. The van der Waals surface area contributed by atoms with Gasteiger partial charge in [-0.1, -0.05) is 30.3 Å². The van der Waals surface area contributed by atoms with Gasteiger partial charge in [-0.2, -0.15) is 0 Å². The zero-order chi connectivity index (χ0) is 19.8. The van der Waals surface area contributed by atoms with E-state index in [4.69, 9.17) is 9.47 Å². The molecule has 0 unspecified atom stereocenters. The highest BCUT2D eigenvalue weighted by Crippen LogP contribution is 2.43. The lowest BCUT2D eigenvalue weighted by Crippen LogP contribution is -2.59. The van der Waals surface area contributed by atoms with Crippen molar-refractivity contribution < 1.29 is 23.9 Å². The number of amides is 2. The molecular weight excluding hydrogens is 348 g/mol. The monoisotopic (exact) mass is 374 g/mol. The summed E-state index contributed by atoms with van der Waals surface area (Å²) in [6, 6.07) is 8.92. The lowest BCUT2D eigenvalue weighted by atomic mass is 9.93. The molecule has 27 heavy (non-hydrogen) atoms. The zero-order valence-corrected chi connectivity index (χ0v) is 16.2. The molecule has 7 heteroatoms. The Morgan fingerprint density at radius 1 is 1.15 bits per heavy atom. The maximum atomic E-state index is 13.0. The van der Waals surface area contributed by atoms with Gasteiger partial charge in [0, 0.05) is 13.7 Å². The fourth-order valence-corrected chi connectivity index (χ4v) is 4.08. The molecule has 146 valence electrons. The van der Waals surface area contributed by atoms with Gasteiger partial charge in [0.1, 0.15) is 5.60 Å². The van der Waals surface area contributed by atoms with Crippen molar-refractivity contribution in [2.75, 3.05) is 27.3 Å². The van der Waals surface area contributed by atoms with E-state index >= 15 is 0 Å². The molecule has 2 aliphatic rings. The van der Waals surface area contributed by atoms with E-state index in [1.54, 1.807) is 18.7 Å². The number of hydrogen-bond donors (Lipinski definition) is 0. The van der Waals surface area contributed by atoms with E-state index in [1.165, 1.54) is 19.1 Å². The van der Waals surface area contributed by atoms with Crippen LogP contribution in [0.25, 0.3) is 0 Å². The maximum absolute atomic E-state index is 13.0. The lowest BCUT2D eigenvalue weighted by molar-refractivity contribution is -0.160. The molecule has 7 nitrogen and oxygen atoms in total. The van der Waals surface area contributed by atoms with E-state index in [9.17, 15) is 14.4 Å². The van der Waals surface area contributed by atoms with Crippen molar-refractivity contribution in [1.82, 2.24) is 9.80 Å². The minimum atomic E-state index is -0.998. The van der Waals surface area contributed by atoms with Crippen molar-refractivity contribution in [1.29, 1.82) is 0 Å². The molecule has 0 radical (unpaired) electrons. The number of nitrogens with zero attached hydrogens (tertiary/aromatic N) is 2. The Bertz CT molecular complexity index is 733. The Kier molecular flexibility index (Phi) is 5.24. The SMILES string of the molecule is COC(=O)[C@H]1C[C@H]2CN(C(=O)C(C)(C)OC)CC(=O)N2[C@H]1c1ccccc1. The molecular formula is C20H26N2O5. The van der Waals surface area contributed by atoms with Crippen LogP contribution in [-0.4, -0.2) is 66.5 Å². The topological polar surface area (TPSA) is 76.1 Å². The Labute approximate surface area is 159 Å². The van der Waals surface area contributed by atoms with Crippen LogP contribution >= 0.6 is 0 Å². The van der Waals surface area contributed by atoms with E-state index in [2.05, 4.69) is 0 Å². The standard InChI is InChI=1S/C20H26N2O5/c1-20(2,27-4)19(25)21-11-14-10-15(18(24)26-3)17(22(14)16(23)12-21)13-8-6-5-7-9-13/h5-9,14-15,17H,10-12H2,1-4H3/t14-,15-,17-/m0/s1. The second-order valence-electron chi connectivity index (χ2n) is 7.58. The number of esters is 1. The number of piperazine rings is 1. The number of methoxy groups -OCH3 is 2. The minimum absolute atomic E-state index is 0.0145. The number of rotatable bonds is 4. The summed E-state index contributed by atoms with van der Waals surface area (Å²) in [5.74, 6) is -1.17. The third-order valence-corrected chi connectivity index (χ3v) is 5.60. The predicted molar refractivity (Wildman–Crippen MR) is 97.6 cm³/mol. The second kappa shape index (κ2) is 7.31. The molecule has 2 amide bonds. The molecule has 0 saturated carbocycles. The van der Waals surface area contributed by atoms with Gasteiger partial charge in [0.05, 0.1) is 31.7 Å². The van der Waals surface area contributed by atoms with E-state index < -0.39 is 11.5 Å².